The van der Waals surface area contributed by atoms with Crippen molar-refractivity contribution in [1.29, 1.82) is 0 Å². The van der Waals surface area contributed by atoms with Gasteiger partial charge in [-0.3, -0.25) is 0 Å². The average molecular weight is 253 g/mol. The summed E-state index contributed by atoms with van der Waals surface area (Å²) in [7, 11) is 0. The van der Waals surface area contributed by atoms with Crippen LogP contribution in [-0.2, 0) is 6.42 Å². The fourth-order valence-corrected chi connectivity index (χ4v) is 3.31. The summed E-state index contributed by atoms with van der Waals surface area (Å²) in [6.45, 7) is 2.31. The second-order valence-electron chi connectivity index (χ2n) is 5.87. The normalized spacial score (nSPS) is 23.6. The van der Waals surface area contributed by atoms with Crippen molar-refractivity contribution < 1.29 is 0 Å². The molecule has 1 heterocycles. The molecule has 2 aromatic carbocycles. The Morgan fingerprint density at radius 1 is 1.05 bits per heavy atom. The predicted molar refractivity (Wildman–Crippen MR) is 82.5 cm³/mol. The van der Waals surface area contributed by atoms with E-state index in [9.17, 15) is 0 Å². The van der Waals surface area contributed by atoms with Crippen molar-refractivity contribution in [1.82, 2.24) is 5.32 Å². The van der Waals surface area contributed by atoms with Crippen LogP contribution in [0.15, 0.2) is 42.5 Å². The van der Waals surface area contributed by atoms with E-state index in [0.717, 1.165) is 0 Å². The van der Waals surface area contributed by atoms with Crippen LogP contribution in [0.4, 0.5) is 0 Å². The number of aryl methyl sites for hydroxylation is 1. The van der Waals surface area contributed by atoms with Gasteiger partial charge in [0.2, 0.25) is 0 Å². The lowest BCUT2D eigenvalue weighted by Gasteiger charge is -2.28. The van der Waals surface area contributed by atoms with Gasteiger partial charge in [0, 0.05) is 12.1 Å². The summed E-state index contributed by atoms with van der Waals surface area (Å²) in [5.74, 6) is 0. The van der Waals surface area contributed by atoms with Crippen LogP contribution in [0, 0.1) is 0 Å². The Labute approximate surface area is 116 Å². The molecule has 1 fully saturated rings. The first-order valence-corrected chi connectivity index (χ1v) is 7.55. The van der Waals surface area contributed by atoms with Crippen molar-refractivity contribution in [3.63, 3.8) is 0 Å². The van der Waals surface area contributed by atoms with Gasteiger partial charge < -0.3 is 5.32 Å². The van der Waals surface area contributed by atoms with E-state index in [2.05, 4.69) is 54.7 Å². The van der Waals surface area contributed by atoms with E-state index in [1.54, 1.807) is 0 Å². The highest BCUT2D eigenvalue weighted by molar-refractivity contribution is 5.85. The van der Waals surface area contributed by atoms with Crippen molar-refractivity contribution >= 4 is 10.8 Å². The quantitative estimate of drug-likeness (QED) is 0.859. The van der Waals surface area contributed by atoms with E-state index in [1.165, 1.54) is 48.4 Å². The molecule has 100 valence electrons. The molecule has 0 saturated carbocycles. The molecule has 0 aliphatic carbocycles. The van der Waals surface area contributed by atoms with Crippen molar-refractivity contribution in [3.05, 3.63) is 48.0 Å². The average Bonchev–Trinajstić information content (AvgIpc) is 2.45. The molecule has 1 aliphatic heterocycles. The van der Waals surface area contributed by atoms with Gasteiger partial charge in [-0.05, 0) is 48.9 Å². The van der Waals surface area contributed by atoms with Gasteiger partial charge in [-0.1, -0.05) is 48.9 Å². The van der Waals surface area contributed by atoms with Crippen molar-refractivity contribution in [2.45, 2.75) is 51.1 Å². The van der Waals surface area contributed by atoms with E-state index in [4.69, 9.17) is 0 Å². The molecular weight excluding hydrogens is 230 g/mol. The highest BCUT2D eigenvalue weighted by Gasteiger charge is 2.17. The van der Waals surface area contributed by atoms with E-state index >= 15 is 0 Å². The van der Waals surface area contributed by atoms with Crippen LogP contribution in [0.25, 0.3) is 10.8 Å². The molecule has 0 radical (unpaired) electrons. The van der Waals surface area contributed by atoms with Gasteiger partial charge in [-0.2, -0.15) is 0 Å². The van der Waals surface area contributed by atoms with Crippen LogP contribution in [0.3, 0.4) is 0 Å². The smallest absolute Gasteiger partial charge is 0.00727 e. The zero-order valence-corrected chi connectivity index (χ0v) is 11.7. The van der Waals surface area contributed by atoms with E-state index in [0.29, 0.717) is 12.1 Å². The van der Waals surface area contributed by atoms with E-state index in [-0.39, 0.29) is 0 Å². The zero-order chi connectivity index (χ0) is 13.1. The van der Waals surface area contributed by atoms with Crippen LogP contribution < -0.4 is 5.32 Å². The first-order chi connectivity index (χ1) is 9.33. The third-order valence-corrected chi connectivity index (χ3v) is 4.35. The lowest BCUT2D eigenvalue weighted by Crippen LogP contribution is -2.40. The number of rotatable bonds is 3. The van der Waals surface area contributed by atoms with Crippen LogP contribution in [-0.4, -0.2) is 12.1 Å². The standard InChI is InChI=1S/C18H23N/c1-14-6-4-10-17(19-14)13-12-16-9-5-8-15-7-2-3-11-18(15)16/h2-3,5,7-9,11,14,17,19H,4,6,10,12-13H2,1H3. The summed E-state index contributed by atoms with van der Waals surface area (Å²) in [6, 6.07) is 16.8. The molecule has 2 aromatic rings. The number of hydrogen-bond donors (Lipinski definition) is 1. The van der Waals surface area contributed by atoms with Crippen LogP contribution in [0.5, 0.6) is 0 Å². The number of fused-ring (bicyclic) bond motifs is 1. The summed E-state index contributed by atoms with van der Waals surface area (Å²) in [5.41, 5.74) is 1.50. The third kappa shape index (κ3) is 2.98. The molecule has 3 rings (SSSR count). The Balaban J connectivity index is 1.71. The Morgan fingerprint density at radius 2 is 1.89 bits per heavy atom. The first kappa shape index (κ1) is 12.7. The summed E-state index contributed by atoms with van der Waals surface area (Å²) in [4.78, 5) is 0. The Morgan fingerprint density at radius 3 is 2.79 bits per heavy atom. The SMILES string of the molecule is CC1CCCC(CCc2cccc3ccccc23)N1. The van der Waals surface area contributed by atoms with Gasteiger partial charge in [-0.15, -0.1) is 0 Å². The van der Waals surface area contributed by atoms with E-state index < -0.39 is 0 Å². The van der Waals surface area contributed by atoms with Crippen LogP contribution >= 0.6 is 0 Å². The van der Waals surface area contributed by atoms with Gasteiger partial charge in [0.25, 0.3) is 0 Å². The zero-order valence-electron chi connectivity index (χ0n) is 11.7. The second-order valence-corrected chi connectivity index (χ2v) is 5.87. The maximum atomic E-state index is 3.73. The maximum Gasteiger partial charge on any atom is 0.00727 e. The van der Waals surface area contributed by atoms with Gasteiger partial charge in [0.15, 0.2) is 0 Å². The van der Waals surface area contributed by atoms with Crippen LogP contribution in [0.1, 0.15) is 38.2 Å². The monoisotopic (exact) mass is 253 g/mol. The van der Waals surface area contributed by atoms with Crippen molar-refractivity contribution in [3.8, 4) is 0 Å². The Kier molecular flexibility index (Phi) is 3.84. The molecule has 19 heavy (non-hydrogen) atoms. The Bertz CT molecular complexity index is 541. The molecule has 1 heteroatoms. The lowest BCUT2D eigenvalue weighted by atomic mass is 9.93. The molecule has 0 amide bonds. The van der Waals surface area contributed by atoms with Crippen molar-refractivity contribution in [2.24, 2.45) is 0 Å². The molecule has 2 unspecified atom stereocenters. The molecule has 2 atom stereocenters. The van der Waals surface area contributed by atoms with Gasteiger partial charge in [-0.25, -0.2) is 0 Å². The fourth-order valence-electron chi connectivity index (χ4n) is 3.31. The lowest BCUT2D eigenvalue weighted by molar-refractivity contribution is 0.322. The minimum absolute atomic E-state index is 0.700. The molecule has 1 saturated heterocycles. The minimum atomic E-state index is 0.700. The molecule has 1 aliphatic rings. The number of nitrogens with one attached hydrogen (secondary N) is 1. The molecular formula is C18H23N. The topological polar surface area (TPSA) is 12.0 Å². The maximum absolute atomic E-state index is 3.73. The summed E-state index contributed by atoms with van der Waals surface area (Å²) >= 11 is 0. The number of hydrogen-bond acceptors (Lipinski definition) is 1. The minimum Gasteiger partial charge on any atom is -0.311 e. The second kappa shape index (κ2) is 5.75. The molecule has 1 N–H and O–H groups in total. The summed E-state index contributed by atoms with van der Waals surface area (Å²) in [6.07, 6.45) is 6.51. The van der Waals surface area contributed by atoms with E-state index in [1.807, 2.05) is 0 Å². The molecule has 0 aromatic heterocycles. The fraction of sp³-hybridized carbons (Fsp3) is 0.444. The third-order valence-electron chi connectivity index (χ3n) is 4.35. The highest BCUT2D eigenvalue weighted by Crippen LogP contribution is 2.22. The first-order valence-electron chi connectivity index (χ1n) is 7.55. The molecule has 0 bridgehead atoms. The van der Waals surface area contributed by atoms with Gasteiger partial charge in [0.1, 0.15) is 0 Å². The summed E-state index contributed by atoms with van der Waals surface area (Å²) < 4.78 is 0. The Hall–Kier alpha value is -1.34. The van der Waals surface area contributed by atoms with Crippen LogP contribution in [0.2, 0.25) is 0 Å². The highest BCUT2D eigenvalue weighted by atomic mass is 15.0. The molecule has 0 spiro atoms. The predicted octanol–water partition coefficient (Wildman–Crippen LogP) is 4.30. The number of piperidine rings is 1. The number of benzene rings is 2. The van der Waals surface area contributed by atoms with Gasteiger partial charge >= 0.3 is 0 Å². The largest absolute Gasteiger partial charge is 0.311 e. The summed E-state index contributed by atoms with van der Waals surface area (Å²) in [5, 5.41) is 6.53. The van der Waals surface area contributed by atoms with Gasteiger partial charge in [0.05, 0.1) is 0 Å². The van der Waals surface area contributed by atoms with Crippen molar-refractivity contribution in [2.75, 3.05) is 0 Å². The molecule has 1 nitrogen and oxygen atoms in total.